The van der Waals surface area contributed by atoms with Crippen LogP contribution >= 0.6 is 11.5 Å². The van der Waals surface area contributed by atoms with E-state index in [9.17, 15) is 9.18 Å². The van der Waals surface area contributed by atoms with Gasteiger partial charge in [-0.2, -0.15) is 0 Å². The van der Waals surface area contributed by atoms with E-state index in [1.54, 1.807) is 25.3 Å². The highest BCUT2D eigenvalue weighted by Crippen LogP contribution is 2.43. The van der Waals surface area contributed by atoms with E-state index in [-0.39, 0.29) is 11.4 Å². The molecule has 0 N–H and O–H groups in total. The molecule has 1 aliphatic carbocycles. The zero-order chi connectivity index (χ0) is 17.7. The molecule has 4 rings (SSSR count). The van der Waals surface area contributed by atoms with Gasteiger partial charge < -0.3 is 4.90 Å². The van der Waals surface area contributed by atoms with Gasteiger partial charge in [-0.3, -0.25) is 9.36 Å². The van der Waals surface area contributed by atoms with E-state index in [0.717, 1.165) is 16.1 Å². The van der Waals surface area contributed by atoms with Crippen LogP contribution in [0.25, 0.3) is 27.0 Å². The molecule has 0 radical (unpaired) electrons. The molecule has 0 amide bonds. The van der Waals surface area contributed by atoms with Gasteiger partial charge in [-0.1, -0.05) is 6.07 Å². The molecular formula is C18H15FN4OS. The van der Waals surface area contributed by atoms with E-state index in [4.69, 9.17) is 0 Å². The predicted molar refractivity (Wildman–Crippen MR) is 98.7 cm³/mol. The lowest BCUT2D eigenvalue weighted by Gasteiger charge is -2.13. The summed E-state index contributed by atoms with van der Waals surface area (Å²) in [5.41, 5.74) is 3.23. The molecule has 2 heterocycles. The summed E-state index contributed by atoms with van der Waals surface area (Å²) in [6, 6.07) is 6.61. The van der Waals surface area contributed by atoms with Crippen LogP contribution in [0.2, 0.25) is 0 Å². The number of aryl methyl sites for hydroxylation is 1. The maximum Gasteiger partial charge on any atom is 0.267 e. The summed E-state index contributed by atoms with van der Waals surface area (Å²) in [6.07, 6.45) is 3.17. The minimum Gasteiger partial charge on any atom is -0.375 e. The van der Waals surface area contributed by atoms with Crippen molar-refractivity contribution in [2.24, 2.45) is 0 Å². The number of benzene rings is 1. The molecule has 7 heteroatoms. The molecule has 1 aliphatic heterocycles. The molecule has 25 heavy (non-hydrogen) atoms. The molecule has 2 aromatic rings. The van der Waals surface area contributed by atoms with Crippen LogP contribution in [0.1, 0.15) is 5.56 Å². The van der Waals surface area contributed by atoms with E-state index in [1.807, 2.05) is 25.1 Å². The summed E-state index contributed by atoms with van der Waals surface area (Å²) < 4.78 is 19.5. The highest BCUT2D eigenvalue weighted by molar-refractivity contribution is 7.10. The summed E-state index contributed by atoms with van der Waals surface area (Å²) in [7, 11) is 3.84. The van der Waals surface area contributed by atoms with Gasteiger partial charge in [-0.05, 0) is 42.2 Å². The van der Waals surface area contributed by atoms with E-state index in [2.05, 4.69) is 9.36 Å². The first-order valence-corrected chi connectivity index (χ1v) is 8.48. The molecule has 2 aliphatic rings. The molecule has 5 nitrogen and oxygen atoms in total. The average molecular weight is 354 g/mol. The summed E-state index contributed by atoms with van der Waals surface area (Å²) in [6.45, 7) is 1.69. The third kappa shape index (κ3) is 2.31. The molecule has 1 aromatic heterocycles. The summed E-state index contributed by atoms with van der Waals surface area (Å²) in [4.78, 5) is 20.4. The second kappa shape index (κ2) is 5.63. The van der Waals surface area contributed by atoms with Gasteiger partial charge in [-0.25, -0.2) is 13.7 Å². The van der Waals surface area contributed by atoms with Crippen LogP contribution in [0.15, 0.2) is 41.6 Å². The Morgan fingerprint density at radius 3 is 2.76 bits per heavy atom. The molecule has 0 bridgehead atoms. The maximum absolute atomic E-state index is 13.9. The standard InChI is InChI=1S/C18H15FN4OS/c1-10-4-5-11(8-13(10)19)23-9-20-15-14(18(23)24)17-12(6-7-21-25-17)16(15)22(2)3/h4-9H,1-3H3. The molecule has 0 atom stereocenters. The van der Waals surface area contributed by atoms with Gasteiger partial charge >= 0.3 is 0 Å². The largest absolute Gasteiger partial charge is 0.375 e. The number of nitrogens with zero attached hydrogens (tertiary/aromatic N) is 4. The van der Waals surface area contributed by atoms with Crippen molar-refractivity contribution in [1.82, 2.24) is 13.9 Å². The number of halogens is 1. The van der Waals surface area contributed by atoms with Crippen LogP contribution in [0.4, 0.5) is 10.1 Å². The number of hydrogen-bond donors (Lipinski definition) is 0. The van der Waals surface area contributed by atoms with Crippen molar-refractivity contribution in [3.05, 3.63) is 58.5 Å². The molecule has 0 saturated carbocycles. The van der Waals surface area contributed by atoms with E-state index in [1.165, 1.54) is 28.5 Å². The highest BCUT2D eigenvalue weighted by Gasteiger charge is 2.24. The highest BCUT2D eigenvalue weighted by atomic mass is 32.1. The molecular weight excluding hydrogens is 339 g/mol. The van der Waals surface area contributed by atoms with E-state index in [0.29, 0.717) is 22.2 Å². The molecule has 126 valence electrons. The number of anilines is 1. The Balaban J connectivity index is 2.08. The third-order valence-corrected chi connectivity index (χ3v) is 5.08. The van der Waals surface area contributed by atoms with Crippen molar-refractivity contribution in [3.63, 3.8) is 0 Å². The van der Waals surface area contributed by atoms with Crippen molar-refractivity contribution in [3.8, 4) is 16.1 Å². The average Bonchev–Trinajstić information content (AvgIpc) is 2.93. The van der Waals surface area contributed by atoms with Crippen LogP contribution in [0.3, 0.4) is 0 Å². The summed E-state index contributed by atoms with van der Waals surface area (Å²) >= 11 is 1.26. The van der Waals surface area contributed by atoms with Gasteiger partial charge in [0.05, 0.1) is 21.6 Å². The van der Waals surface area contributed by atoms with Crippen LogP contribution in [0.5, 0.6) is 0 Å². The Morgan fingerprint density at radius 1 is 1.24 bits per heavy atom. The Morgan fingerprint density at radius 2 is 2.04 bits per heavy atom. The lowest BCUT2D eigenvalue weighted by atomic mass is 10.2. The topological polar surface area (TPSA) is 51.0 Å². The third-order valence-electron chi connectivity index (χ3n) is 4.25. The Hall–Kier alpha value is -2.80. The molecule has 1 aromatic carbocycles. The van der Waals surface area contributed by atoms with Gasteiger partial charge in [0.25, 0.3) is 5.56 Å². The fraction of sp³-hybridized carbons (Fsp3) is 0.167. The predicted octanol–water partition coefficient (Wildman–Crippen LogP) is 3.46. The van der Waals surface area contributed by atoms with Crippen LogP contribution in [0, 0.1) is 12.7 Å². The Bertz CT molecular complexity index is 1130. The molecule has 0 saturated heterocycles. The number of rotatable bonds is 2. The van der Waals surface area contributed by atoms with Crippen molar-refractivity contribution in [1.29, 1.82) is 0 Å². The first-order valence-electron chi connectivity index (χ1n) is 7.70. The second-order valence-electron chi connectivity index (χ2n) is 6.08. The zero-order valence-electron chi connectivity index (χ0n) is 13.9. The Labute approximate surface area is 147 Å². The van der Waals surface area contributed by atoms with Gasteiger partial charge in [0.1, 0.15) is 17.7 Å². The van der Waals surface area contributed by atoms with Gasteiger partial charge in [0.15, 0.2) is 0 Å². The quantitative estimate of drug-likeness (QED) is 0.553. The van der Waals surface area contributed by atoms with Gasteiger partial charge in [0, 0.05) is 25.9 Å². The van der Waals surface area contributed by atoms with Gasteiger partial charge in [0.2, 0.25) is 0 Å². The monoisotopic (exact) mass is 354 g/mol. The number of aromatic nitrogens is 3. The fourth-order valence-corrected chi connectivity index (χ4v) is 3.78. The van der Waals surface area contributed by atoms with Crippen molar-refractivity contribution in [2.45, 2.75) is 6.92 Å². The maximum atomic E-state index is 13.9. The van der Waals surface area contributed by atoms with Crippen LogP contribution in [-0.4, -0.2) is 28.0 Å². The lowest BCUT2D eigenvalue weighted by molar-refractivity contribution is 0.617. The van der Waals surface area contributed by atoms with Gasteiger partial charge in [-0.15, -0.1) is 0 Å². The lowest BCUT2D eigenvalue weighted by Crippen LogP contribution is -2.19. The van der Waals surface area contributed by atoms with Crippen LogP contribution < -0.4 is 10.5 Å². The summed E-state index contributed by atoms with van der Waals surface area (Å²) in [5.74, 6) is -0.352. The van der Waals surface area contributed by atoms with E-state index < -0.39 is 0 Å². The minimum atomic E-state index is -0.352. The zero-order valence-corrected chi connectivity index (χ0v) is 14.8. The summed E-state index contributed by atoms with van der Waals surface area (Å²) in [5, 5.41) is 0.514. The van der Waals surface area contributed by atoms with Crippen molar-refractivity contribution < 1.29 is 4.39 Å². The smallest absolute Gasteiger partial charge is 0.267 e. The first-order chi connectivity index (χ1) is 12.0. The van der Waals surface area contributed by atoms with Crippen molar-refractivity contribution >= 4 is 28.1 Å². The first kappa shape index (κ1) is 15.7. The Kier molecular flexibility index (Phi) is 3.54. The molecule has 0 unspecified atom stereocenters. The minimum absolute atomic E-state index is 0.226. The van der Waals surface area contributed by atoms with Crippen molar-refractivity contribution in [2.75, 3.05) is 19.0 Å². The fourth-order valence-electron chi connectivity index (χ4n) is 3.01. The van der Waals surface area contributed by atoms with E-state index >= 15 is 0 Å². The number of hydrogen-bond acceptors (Lipinski definition) is 5. The van der Waals surface area contributed by atoms with Crippen LogP contribution in [-0.2, 0) is 0 Å². The normalized spacial score (nSPS) is 11.4. The molecule has 0 fully saturated rings. The SMILES string of the molecule is Cc1ccc(-n2cnc3c(N(C)C)c4ccnsc-4c3c2=O)cc1F. The second-order valence-corrected chi connectivity index (χ2v) is 6.88. The number of fused-ring (bicyclic) bond motifs is 3. The molecule has 0 spiro atoms.